The van der Waals surface area contributed by atoms with E-state index in [1.165, 1.54) is 11.8 Å². The van der Waals surface area contributed by atoms with Gasteiger partial charge in [-0.25, -0.2) is 4.98 Å². The van der Waals surface area contributed by atoms with E-state index in [1.54, 1.807) is 67.7 Å². The summed E-state index contributed by atoms with van der Waals surface area (Å²) in [6.45, 7) is 1.74. The number of amides is 1. The van der Waals surface area contributed by atoms with E-state index in [9.17, 15) is 14.4 Å². The molecule has 1 N–H and O–H groups in total. The van der Waals surface area contributed by atoms with Crippen LogP contribution >= 0.6 is 23.4 Å². The minimum Gasteiger partial charge on any atom is -0.325 e. The molecule has 2 aromatic carbocycles. The van der Waals surface area contributed by atoms with E-state index >= 15 is 0 Å². The normalized spacial score (nSPS) is 13.4. The number of halogens is 1. The van der Waals surface area contributed by atoms with Gasteiger partial charge >= 0.3 is 0 Å². The molecule has 5 nitrogen and oxygen atoms in total. The molecule has 0 bridgehead atoms. The lowest BCUT2D eigenvalue weighted by Crippen LogP contribution is -2.24. The summed E-state index contributed by atoms with van der Waals surface area (Å²) in [6.07, 6.45) is 1.61. The van der Waals surface area contributed by atoms with Crippen molar-refractivity contribution in [2.75, 3.05) is 5.32 Å². The number of ketones is 2. The number of carbonyl (C=O) groups is 3. The Labute approximate surface area is 176 Å². The number of aromatic nitrogens is 1. The van der Waals surface area contributed by atoms with Crippen LogP contribution in [0.15, 0.2) is 65.8 Å². The summed E-state index contributed by atoms with van der Waals surface area (Å²) in [5, 5.41) is 3.38. The van der Waals surface area contributed by atoms with E-state index < -0.39 is 5.25 Å². The SMILES string of the molecule is CC(Sc1ncccc1Cl)C(=O)Nc1ccc2c(c1)C(=O)c1ccccc1C2=O. The van der Waals surface area contributed by atoms with Crippen LogP contribution in [0, 0.1) is 0 Å². The van der Waals surface area contributed by atoms with Crippen molar-refractivity contribution in [3.05, 3.63) is 88.1 Å². The van der Waals surface area contributed by atoms with Gasteiger partial charge in [0, 0.05) is 34.1 Å². The van der Waals surface area contributed by atoms with Crippen LogP contribution in [0.3, 0.4) is 0 Å². The average molecular weight is 423 g/mol. The fourth-order valence-electron chi connectivity index (χ4n) is 3.10. The summed E-state index contributed by atoms with van der Waals surface area (Å²) in [6, 6.07) is 14.9. The molecule has 4 rings (SSSR count). The summed E-state index contributed by atoms with van der Waals surface area (Å²) in [4.78, 5) is 42.2. The highest BCUT2D eigenvalue weighted by atomic mass is 35.5. The number of fused-ring (bicyclic) bond motifs is 2. The third-order valence-electron chi connectivity index (χ3n) is 4.58. The maximum Gasteiger partial charge on any atom is 0.237 e. The van der Waals surface area contributed by atoms with Gasteiger partial charge in [-0.2, -0.15) is 0 Å². The summed E-state index contributed by atoms with van der Waals surface area (Å²) in [5.74, 6) is -0.678. The minimum absolute atomic E-state index is 0.193. The van der Waals surface area contributed by atoms with Gasteiger partial charge in [-0.05, 0) is 37.3 Å². The van der Waals surface area contributed by atoms with Crippen LogP contribution < -0.4 is 5.32 Å². The van der Waals surface area contributed by atoms with Crippen molar-refractivity contribution in [1.82, 2.24) is 4.98 Å². The first-order valence-electron chi connectivity index (χ1n) is 8.86. The molecular weight excluding hydrogens is 408 g/mol. The lowest BCUT2D eigenvalue weighted by molar-refractivity contribution is -0.115. The summed E-state index contributed by atoms with van der Waals surface area (Å²) < 4.78 is 0. The third-order valence-corrected chi connectivity index (χ3v) is 6.11. The quantitative estimate of drug-likeness (QED) is 0.485. The second kappa shape index (κ2) is 7.81. The van der Waals surface area contributed by atoms with Crippen LogP contribution in [0.2, 0.25) is 5.02 Å². The Morgan fingerprint density at radius 3 is 2.31 bits per heavy atom. The molecule has 1 aromatic heterocycles. The molecule has 29 heavy (non-hydrogen) atoms. The van der Waals surface area contributed by atoms with Crippen LogP contribution in [0.1, 0.15) is 38.8 Å². The summed E-state index contributed by atoms with van der Waals surface area (Å²) in [7, 11) is 0. The number of pyridine rings is 1. The van der Waals surface area contributed by atoms with Crippen LogP contribution in [-0.2, 0) is 4.79 Å². The fraction of sp³-hybridized carbons (Fsp3) is 0.0909. The maximum absolute atomic E-state index is 12.8. The monoisotopic (exact) mass is 422 g/mol. The molecule has 0 aliphatic heterocycles. The molecule has 1 amide bonds. The second-order valence-electron chi connectivity index (χ2n) is 6.50. The molecule has 0 spiro atoms. The Balaban J connectivity index is 1.55. The molecule has 0 saturated heterocycles. The molecule has 1 unspecified atom stereocenters. The van der Waals surface area contributed by atoms with E-state index in [1.807, 2.05) is 0 Å². The first kappa shape index (κ1) is 19.4. The topological polar surface area (TPSA) is 76.1 Å². The zero-order valence-electron chi connectivity index (χ0n) is 15.3. The lowest BCUT2D eigenvalue weighted by Gasteiger charge is -2.18. The van der Waals surface area contributed by atoms with E-state index in [4.69, 9.17) is 11.6 Å². The van der Waals surface area contributed by atoms with Crippen molar-refractivity contribution in [3.63, 3.8) is 0 Å². The predicted octanol–water partition coefficient (Wildman–Crippen LogP) is 4.63. The highest BCUT2D eigenvalue weighted by Crippen LogP contribution is 2.31. The van der Waals surface area contributed by atoms with E-state index in [-0.39, 0.29) is 17.5 Å². The number of benzene rings is 2. The van der Waals surface area contributed by atoms with E-state index in [2.05, 4.69) is 10.3 Å². The number of nitrogens with one attached hydrogen (secondary N) is 1. The van der Waals surface area contributed by atoms with Crippen molar-refractivity contribution in [2.24, 2.45) is 0 Å². The molecular formula is C22H15ClN2O3S. The standard InChI is InChI=1S/C22H15ClN2O3S/c1-12(29-22-18(23)7-4-10-24-22)21(28)25-13-8-9-16-17(11-13)20(27)15-6-3-2-5-14(15)19(16)26/h2-12H,1H3,(H,25,28). The van der Waals surface area contributed by atoms with Crippen LogP contribution in [0.4, 0.5) is 5.69 Å². The molecule has 7 heteroatoms. The third kappa shape index (κ3) is 3.69. The molecule has 0 fully saturated rings. The molecule has 0 radical (unpaired) electrons. The largest absolute Gasteiger partial charge is 0.325 e. The molecule has 0 saturated carbocycles. The van der Waals surface area contributed by atoms with Crippen LogP contribution in [-0.4, -0.2) is 27.7 Å². The smallest absolute Gasteiger partial charge is 0.237 e. The van der Waals surface area contributed by atoms with Gasteiger partial charge in [0.05, 0.1) is 10.3 Å². The number of rotatable bonds is 4. The Kier molecular flexibility index (Phi) is 5.22. The number of nitrogens with zero attached hydrogens (tertiary/aromatic N) is 1. The number of anilines is 1. The number of thioether (sulfide) groups is 1. The van der Waals surface area contributed by atoms with Crippen molar-refractivity contribution < 1.29 is 14.4 Å². The van der Waals surface area contributed by atoms with Gasteiger partial charge < -0.3 is 5.32 Å². The summed E-state index contributed by atoms with van der Waals surface area (Å²) in [5.41, 5.74) is 1.86. The first-order chi connectivity index (χ1) is 14.0. The van der Waals surface area contributed by atoms with Gasteiger partial charge in [0.25, 0.3) is 0 Å². The Hall–Kier alpha value is -2.96. The molecule has 144 valence electrons. The maximum atomic E-state index is 12.8. The zero-order chi connectivity index (χ0) is 20.5. The first-order valence-corrected chi connectivity index (χ1v) is 10.1. The highest BCUT2D eigenvalue weighted by Gasteiger charge is 2.29. The van der Waals surface area contributed by atoms with E-state index in [0.717, 1.165) is 0 Å². The van der Waals surface area contributed by atoms with Crippen molar-refractivity contribution in [1.29, 1.82) is 0 Å². The molecule has 1 heterocycles. The highest BCUT2D eigenvalue weighted by molar-refractivity contribution is 8.00. The van der Waals surface area contributed by atoms with Crippen molar-refractivity contribution in [2.45, 2.75) is 17.2 Å². The molecule has 1 aliphatic rings. The number of hydrogen-bond acceptors (Lipinski definition) is 5. The van der Waals surface area contributed by atoms with Gasteiger partial charge in [0.2, 0.25) is 5.91 Å². The van der Waals surface area contributed by atoms with Crippen LogP contribution in [0.5, 0.6) is 0 Å². The second-order valence-corrected chi connectivity index (χ2v) is 8.24. The number of carbonyl (C=O) groups excluding carboxylic acids is 3. The summed E-state index contributed by atoms with van der Waals surface area (Å²) >= 11 is 7.34. The Morgan fingerprint density at radius 1 is 0.966 bits per heavy atom. The predicted molar refractivity (Wildman–Crippen MR) is 113 cm³/mol. The fourth-order valence-corrected chi connectivity index (χ4v) is 4.16. The molecule has 3 aromatic rings. The molecule has 1 aliphatic carbocycles. The minimum atomic E-state index is -0.462. The Morgan fingerprint density at radius 2 is 1.62 bits per heavy atom. The zero-order valence-corrected chi connectivity index (χ0v) is 16.9. The van der Waals surface area contributed by atoms with Crippen LogP contribution in [0.25, 0.3) is 0 Å². The van der Waals surface area contributed by atoms with Gasteiger partial charge in [0.1, 0.15) is 5.03 Å². The van der Waals surface area contributed by atoms with Gasteiger partial charge in [-0.15, -0.1) is 0 Å². The Bertz CT molecular complexity index is 1160. The van der Waals surface area contributed by atoms with Gasteiger partial charge in [-0.1, -0.05) is 47.6 Å². The van der Waals surface area contributed by atoms with Gasteiger partial charge in [-0.3, -0.25) is 14.4 Å². The molecule has 1 atom stereocenters. The van der Waals surface area contributed by atoms with Gasteiger partial charge in [0.15, 0.2) is 11.6 Å². The lowest BCUT2D eigenvalue weighted by atomic mass is 9.84. The van der Waals surface area contributed by atoms with Crippen molar-refractivity contribution >= 4 is 46.5 Å². The number of hydrogen-bond donors (Lipinski definition) is 1. The average Bonchev–Trinajstić information content (AvgIpc) is 2.73. The van der Waals surface area contributed by atoms with E-state index in [0.29, 0.717) is 38.0 Å². The van der Waals surface area contributed by atoms with Crippen molar-refractivity contribution in [3.8, 4) is 0 Å².